The number of hydrogen-bond donors (Lipinski definition) is 0. The molecular formula is C12H24NO. The van der Waals surface area contributed by atoms with Gasteiger partial charge in [-0.05, 0) is 12.8 Å². The zero-order valence-corrected chi connectivity index (χ0v) is 9.72. The Hall–Kier alpha value is -0.530. The van der Waals surface area contributed by atoms with Crippen LogP contribution in [-0.2, 0) is 4.79 Å². The molecule has 0 aromatic rings. The van der Waals surface area contributed by atoms with Crippen LogP contribution in [0.25, 0.3) is 0 Å². The number of carbonyl (C=O) groups excluding carboxylic acids is 1. The molecule has 0 aliphatic rings. The molecule has 1 radical (unpaired) electrons. The Bertz CT molecular complexity index is 125. The molecule has 0 N–H and O–H groups in total. The van der Waals surface area contributed by atoms with Crippen LogP contribution in [0.4, 0.5) is 0 Å². The highest BCUT2D eigenvalue weighted by Gasteiger charge is 2.00. The number of rotatable bonds is 10. The molecule has 0 fully saturated rings. The van der Waals surface area contributed by atoms with Crippen LogP contribution in [-0.4, -0.2) is 24.4 Å². The van der Waals surface area contributed by atoms with Crippen LogP contribution in [0, 0.1) is 0 Å². The predicted octanol–water partition coefficient (Wildman–Crippen LogP) is 3.13. The third-order valence-corrected chi connectivity index (χ3v) is 2.44. The summed E-state index contributed by atoms with van der Waals surface area (Å²) in [4.78, 5) is 12.3. The van der Waals surface area contributed by atoms with Crippen LogP contribution in [0.1, 0.15) is 58.8 Å². The summed E-state index contributed by atoms with van der Waals surface area (Å²) in [5.74, 6) is 0. The standard InChI is InChI=1S/C12H24NO/c1-3-5-7-8-9-11-13(12-14)10-6-4-2/h3-11H2,1-2H3. The van der Waals surface area contributed by atoms with E-state index in [-0.39, 0.29) is 0 Å². The molecule has 83 valence electrons. The molecule has 0 bridgehead atoms. The molecular weight excluding hydrogens is 174 g/mol. The summed E-state index contributed by atoms with van der Waals surface area (Å²) >= 11 is 0. The summed E-state index contributed by atoms with van der Waals surface area (Å²) in [6, 6.07) is 0. The van der Waals surface area contributed by atoms with E-state index in [1.54, 1.807) is 4.90 Å². The number of unbranched alkanes of at least 4 members (excludes halogenated alkanes) is 5. The highest BCUT2D eigenvalue weighted by atomic mass is 16.1. The van der Waals surface area contributed by atoms with Crippen molar-refractivity contribution in [1.29, 1.82) is 0 Å². The Balaban J connectivity index is 3.28. The number of amides is 1. The van der Waals surface area contributed by atoms with Crippen LogP contribution in [0.5, 0.6) is 0 Å². The lowest BCUT2D eigenvalue weighted by Gasteiger charge is -2.15. The van der Waals surface area contributed by atoms with Crippen LogP contribution < -0.4 is 0 Å². The fourth-order valence-corrected chi connectivity index (χ4v) is 1.46. The quantitative estimate of drug-likeness (QED) is 0.390. The SMILES string of the molecule is CCCCCCCN([C]=O)CCCC. The van der Waals surface area contributed by atoms with Gasteiger partial charge in [0.05, 0.1) is 0 Å². The third kappa shape index (κ3) is 8.09. The maximum absolute atomic E-state index is 10.5. The molecule has 0 saturated carbocycles. The van der Waals surface area contributed by atoms with Crippen molar-refractivity contribution in [2.45, 2.75) is 58.8 Å². The van der Waals surface area contributed by atoms with Gasteiger partial charge in [0.25, 0.3) is 0 Å². The van der Waals surface area contributed by atoms with Crippen LogP contribution >= 0.6 is 0 Å². The van der Waals surface area contributed by atoms with Crippen molar-refractivity contribution >= 4 is 6.41 Å². The van der Waals surface area contributed by atoms with Gasteiger partial charge in [-0.2, -0.15) is 0 Å². The molecule has 0 aliphatic heterocycles. The van der Waals surface area contributed by atoms with Crippen molar-refractivity contribution in [2.24, 2.45) is 0 Å². The second-order valence-corrected chi connectivity index (χ2v) is 3.85. The van der Waals surface area contributed by atoms with E-state index in [4.69, 9.17) is 0 Å². The van der Waals surface area contributed by atoms with Gasteiger partial charge >= 0.3 is 6.41 Å². The first-order valence-corrected chi connectivity index (χ1v) is 5.97. The Morgan fingerprint density at radius 1 is 0.857 bits per heavy atom. The van der Waals surface area contributed by atoms with Gasteiger partial charge in [0.2, 0.25) is 0 Å². The minimum Gasteiger partial charge on any atom is -0.334 e. The molecule has 0 rings (SSSR count). The maximum Gasteiger partial charge on any atom is 0.312 e. The predicted molar refractivity (Wildman–Crippen MR) is 60.9 cm³/mol. The van der Waals surface area contributed by atoms with E-state index in [0.717, 1.165) is 32.4 Å². The second-order valence-electron chi connectivity index (χ2n) is 3.85. The minimum atomic E-state index is 0.883. The Kier molecular flexibility index (Phi) is 10.2. The van der Waals surface area contributed by atoms with E-state index in [1.807, 2.05) is 6.41 Å². The van der Waals surface area contributed by atoms with E-state index in [2.05, 4.69) is 13.8 Å². The molecule has 2 heteroatoms. The summed E-state index contributed by atoms with van der Waals surface area (Å²) in [5, 5.41) is 0. The largest absolute Gasteiger partial charge is 0.334 e. The first kappa shape index (κ1) is 13.5. The molecule has 0 spiro atoms. The molecule has 14 heavy (non-hydrogen) atoms. The van der Waals surface area contributed by atoms with Crippen molar-refractivity contribution in [3.63, 3.8) is 0 Å². The number of hydrogen-bond acceptors (Lipinski definition) is 1. The first-order chi connectivity index (χ1) is 6.85. The van der Waals surface area contributed by atoms with Gasteiger partial charge < -0.3 is 4.90 Å². The smallest absolute Gasteiger partial charge is 0.312 e. The fraction of sp³-hybridized carbons (Fsp3) is 0.917. The third-order valence-electron chi connectivity index (χ3n) is 2.44. The monoisotopic (exact) mass is 198 g/mol. The minimum absolute atomic E-state index is 0.883. The lowest BCUT2D eigenvalue weighted by Crippen LogP contribution is -2.24. The summed E-state index contributed by atoms with van der Waals surface area (Å²) in [7, 11) is 0. The fourth-order valence-electron chi connectivity index (χ4n) is 1.46. The van der Waals surface area contributed by atoms with Gasteiger partial charge in [-0.25, -0.2) is 0 Å². The van der Waals surface area contributed by atoms with Gasteiger partial charge in [0.15, 0.2) is 0 Å². The summed E-state index contributed by atoms with van der Waals surface area (Å²) < 4.78 is 0. The molecule has 0 heterocycles. The van der Waals surface area contributed by atoms with Crippen LogP contribution in [0.3, 0.4) is 0 Å². The van der Waals surface area contributed by atoms with Crippen LogP contribution in [0.15, 0.2) is 0 Å². The van der Waals surface area contributed by atoms with Crippen molar-refractivity contribution in [1.82, 2.24) is 4.90 Å². The second kappa shape index (κ2) is 10.6. The Morgan fingerprint density at radius 2 is 1.43 bits per heavy atom. The van der Waals surface area contributed by atoms with E-state index in [1.165, 1.54) is 25.7 Å². The highest BCUT2D eigenvalue weighted by molar-refractivity contribution is 5.47. The normalized spacial score (nSPS) is 10.1. The maximum atomic E-state index is 10.5. The van der Waals surface area contributed by atoms with Gasteiger partial charge in [0, 0.05) is 13.1 Å². The topological polar surface area (TPSA) is 20.3 Å². The molecule has 2 nitrogen and oxygen atoms in total. The molecule has 0 unspecified atom stereocenters. The van der Waals surface area contributed by atoms with E-state index in [0.29, 0.717) is 0 Å². The average molecular weight is 198 g/mol. The molecule has 0 aromatic heterocycles. The summed E-state index contributed by atoms with van der Waals surface area (Å²) in [6.07, 6.45) is 10.5. The highest BCUT2D eigenvalue weighted by Crippen LogP contribution is 2.03. The first-order valence-electron chi connectivity index (χ1n) is 5.97. The Morgan fingerprint density at radius 3 is 2.00 bits per heavy atom. The lowest BCUT2D eigenvalue weighted by atomic mass is 10.1. The zero-order valence-electron chi connectivity index (χ0n) is 9.72. The lowest BCUT2D eigenvalue weighted by molar-refractivity contribution is 0.361. The van der Waals surface area contributed by atoms with E-state index < -0.39 is 0 Å². The molecule has 0 aliphatic carbocycles. The average Bonchev–Trinajstić information content (AvgIpc) is 2.22. The van der Waals surface area contributed by atoms with Crippen molar-refractivity contribution < 1.29 is 4.79 Å². The molecule has 0 atom stereocenters. The van der Waals surface area contributed by atoms with Crippen molar-refractivity contribution in [3.05, 3.63) is 0 Å². The van der Waals surface area contributed by atoms with Crippen LogP contribution in [0.2, 0.25) is 0 Å². The molecule has 0 aromatic carbocycles. The summed E-state index contributed by atoms with van der Waals surface area (Å²) in [6.45, 7) is 6.14. The van der Waals surface area contributed by atoms with E-state index >= 15 is 0 Å². The van der Waals surface area contributed by atoms with Gasteiger partial charge in [-0.15, -0.1) is 0 Å². The Labute approximate surface area is 88.7 Å². The van der Waals surface area contributed by atoms with Gasteiger partial charge in [-0.1, -0.05) is 46.0 Å². The van der Waals surface area contributed by atoms with E-state index in [9.17, 15) is 4.79 Å². The van der Waals surface area contributed by atoms with Gasteiger partial charge in [-0.3, -0.25) is 4.79 Å². The number of nitrogens with zero attached hydrogens (tertiary/aromatic N) is 1. The van der Waals surface area contributed by atoms with Gasteiger partial charge in [0.1, 0.15) is 0 Å². The molecule has 0 saturated heterocycles. The zero-order chi connectivity index (χ0) is 10.6. The van der Waals surface area contributed by atoms with Crippen molar-refractivity contribution in [3.8, 4) is 0 Å². The summed E-state index contributed by atoms with van der Waals surface area (Å²) in [5.41, 5.74) is 0. The molecule has 1 amide bonds. The van der Waals surface area contributed by atoms with Crippen molar-refractivity contribution in [2.75, 3.05) is 13.1 Å².